The van der Waals surface area contributed by atoms with Crippen LogP contribution in [0, 0.1) is 0 Å². The van der Waals surface area contributed by atoms with Gasteiger partial charge >= 0.3 is 5.97 Å². The summed E-state index contributed by atoms with van der Waals surface area (Å²) in [7, 11) is 1.52. The number of carbonyl (C=O) groups is 1. The van der Waals surface area contributed by atoms with Crippen molar-refractivity contribution in [2.24, 2.45) is 0 Å². The predicted octanol–water partition coefficient (Wildman–Crippen LogP) is 2.15. The number of thiazole rings is 1. The van der Waals surface area contributed by atoms with Gasteiger partial charge in [0.2, 0.25) is 0 Å². The minimum Gasteiger partial charge on any atom is -0.507 e. The molecule has 0 spiro atoms. The summed E-state index contributed by atoms with van der Waals surface area (Å²) in [5.74, 6) is -0.310. The standard InChI is InChI=1S/C12H11NO4S/c1-17-8-2-3-9(10(14)5-8)12-13-7(6-18-12)4-11(15)16/h2-3,5-6,14H,4H2,1H3,(H,15,16). The largest absolute Gasteiger partial charge is 0.507 e. The number of carboxylic acids is 1. The van der Waals surface area contributed by atoms with Gasteiger partial charge in [0.25, 0.3) is 0 Å². The summed E-state index contributed by atoms with van der Waals surface area (Å²) in [5, 5.41) is 20.8. The van der Waals surface area contributed by atoms with Crippen molar-refractivity contribution in [1.82, 2.24) is 4.98 Å². The Labute approximate surface area is 107 Å². The van der Waals surface area contributed by atoms with Crippen LogP contribution in [-0.2, 0) is 11.2 Å². The molecule has 0 saturated heterocycles. The molecule has 0 unspecified atom stereocenters. The van der Waals surface area contributed by atoms with Gasteiger partial charge in [0.15, 0.2) is 0 Å². The number of rotatable bonds is 4. The number of carboxylic acid groups (broad SMARTS) is 1. The van der Waals surface area contributed by atoms with E-state index in [0.717, 1.165) is 0 Å². The number of aromatic hydroxyl groups is 1. The molecule has 2 N–H and O–H groups in total. The molecular formula is C12H11NO4S. The van der Waals surface area contributed by atoms with E-state index in [1.807, 2.05) is 0 Å². The zero-order valence-corrected chi connectivity index (χ0v) is 10.4. The molecule has 5 nitrogen and oxygen atoms in total. The Morgan fingerprint density at radius 1 is 1.50 bits per heavy atom. The Morgan fingerprint density at radius 3 is 2.89 bits per heavy atom. The summed E-state index contributed by atoms with van der Waals surface area (Å²) in [5.41, 5.74) is 1.05. The maximum Gasteiger partial charge on any atom is 0.309 e. The van der Waals surface area contributed by atoms with Crippen molar-refractivity contribution in [2.45, 2.75) is 6.42 Å². The Kier molecular flexibility index (Phi) is 3.47. The van der Waals surface area contributed by atoms with Gasteiger partial charge in [-0.2, -0.15) is 0 Å². The fourth-order valence-corrected chi connectivity index (χ4v) is 2.34. The van der Waals surface area contributed by atoms with Gasteiger partial charge < -0.3 is 14.9 Å². The molecule has 0 aliphatic rings. The second-order valence-electron chi connectivity index (χ2n) is 3.60. The fraction of sp³-hybridized carbons (Fsp3) is 0.167. The van der Waals surface area contributed by atoms with E-state index < -0.39 is 5.97 Å². The fourth-order valence-electron chi connectivity index (χ4n) is 1.49. The van der Waals surface area contributed by atoms with Gasteiger partial charge in [-0.3, -0.25) is 4.79 Å². The molecule has 0 amide bonds. The third kappa shape index (κ3) is 2.60. The molecule has 6 heteroatoms. The molecule has 1 heterocycles. The van der Waals surface area contributed by atoms with E-state index in [1.54, 1.807) is 17.5 Å². The highest BCUT2D eigenvalue weighted by molar-refractivity contribution is 7.13. The van der Waals surface area contributed by atoms with Gasteiger partial charge in [0.1, 0.15) is 16.5 Å². The number of ether oxygens (including phenoxy) is 1. The van der Waals surface area contributed by atoms with Crippen molar-refractivity contribution in [3.63, 3.8) is 0 Å². The first kappa shape index (κ1) is 12.4. The maximum absolute atomic E-state index is 10.6. The first-order chi connectivity index (χ1) is 8.60. The average Bonchev–Trinajstić information content (AvgIpc) is 2.76. The molecule has 0 atom stereocenters. The van der Waals surface area contributed by atoms with Crippen LogP contribution in [0.4, 0.5) is 0 Å². The van der Waals surface area contributed by atoms with Crippen molar-refractivity contribution in [1.29, 1.82) is 0 Å². The maximum atomic E-state index is 10.6. The highest BCUT2D eigenvalue weighted by Gasteiger charge is 2.11. The number of nitrogens with zero attached hydrogens (tertiary/aromatic N) is 1. The first-order valence-corrected chi connectivity index (χ1v) is 6.01. The summed E-state index contributed by atoms with van der Waals surface area (Å²) in [6, 6.07) is 4.90. The zero-order valence-electron chi connectivity index (χ0n) is 9.58. The molecule has 0 radical (unpaired) electrons. The number of methoxy groups -OCH3 is 1. The van der Waals surface area contributed by atoms with E-state index in [4.69, 9.17) is 9.84 Å². The summed E-state index contributed by atoms with van der Waals surface area (Å²) in [6.45, 7) is 0. The van der Waals surface area contributed by atoms with Crippen LogP contribution in [0.5, 0.6) is 11.5 Å². The normalized spacial score (nSPS) is 10.3. The molecule has 0 fully saturated rings. The van der Waals surface area contributed by atoms with Crippen LogP contribution in [0.15, 0.2) is 23.6 Å². The van der Waals surface area contributed by atoms with Crippen LogP contribution in [0.25, 0.3) is 10.6 Å². The van der Waals surface area contributed by atoms with Crippen LogP contribution in [0.3, 0.4) is 0 Å². The third-order valence-electron chi connectivity index (χ3n) is 2.32. The molecule has 2 aromatic rings. The van der Waals surface area contributed by atoms with E-state index in [-0.39, 0.29) is 12.2 Å². The van der Waals surface area contributed by atoms with E-state index in [2.05, 4.69) is 4.98 Å². The van der Waals surface area contributed by atoms with E-state index in [1.165, 1.54) is 24.5 Å². The molecule has 18 heavy (non-hydrogen) atoms. The minimum atomic E-state index is -0.925. The predicted molar refractivity (Wildman–Crippen MR) is 67.1 cm³/mol. The lowest BCUT2D eigenvalue weighted by atomic mass is 10.2. The number of phenolic OH excluding ortho intramolecular Hbond substituents is 1. The van der Waals surface area contributed by atoms with Gasteiger partial charge in [-0.05, 0) is 12.1 Å². The van der Waals surface area contributed by atoms with Crippen molar-refractivity contribution in [3.8, 4) is 22.1 Å². The quantitative estimate of drug-likeness (QED) is 0.885. The number of benzene rings is 1. The Balaban J connectivity index is 2.31. The Bertz CT molecular complexity index is 579. The van der Waals surface area contributed by atoms with Crippen LogP contribution in [-0.4, -0.2) is 28.3 Å². The summed E-state index contributed by atoms with van der Waals surface area (Å²) >= 11 is 1.30. The molecule has 94 valence electrons. The molecule has 0 aliphatic heterocycles. The van der Waals surface area contributed by atoms with Crippen molar-refractivity contribution >= 4 is 17.3 Å². The minimum absolute atomic E-state index is 0.0607. The second-order valence-corrected chi connectivity index (χ2v) is 4.46. The summed E-state index contributed by atoms with van der Waals surface area (Å²) in [4.78, 5) is 14.7. The molecule has 1 aromatic carbocycles. The highest BCUT2D eigenvalue weighted by atomic mass is 32.1. The lowest BCUT2D eigenvalue weighted by molar-refractivity contribution is -0.136. The van der Waals surface area contributed by atoms with Crippen LogP contribution >= 0.6 is 11.3 Å². The Morgan fingerprint density at radius 2 is 2.28 bits per heavy atom. The SMILES string of the molecule is COc1ccc(-c2nc(CC(=O)O)cs2)c(O)c1. The Hall–Kier alpha value is -2.08. The van der Waals surface area contributed by atoms with Gasteiger partial charge in [-0.25, -0.2) is 4.98 Å². The molecule has 2 rings (SSSR count). The van der Waals surface area contributed by atoms with E-state index >= 15 is 0 Å². The van der Waals surface area contributed by atoms with Gasteiger partial charge in [-0.1, -0.05) is 0 Å². The number of aromatic nitrogens is 1. The monoisotopic (exact) mass is 265 g/mol. The molecule has 0 aliphatic carbocycles. The lowest BCUT2D eigenvalue weighted by Gasteiger charge is -2.03. The van der Waals surface area contributed by atoms with Gasteiger partial charge in [0.05, 0.1) is 24.8 Å². The highest BCUT2D eigenvalue weighted by Crippen LogP contribution is 2.34. The van der Waals surface area contributed by atoms with Crippen molar-refractivity contribution < 1.29 is 19.7 Å². The van der Waals surface area contributed by atoms with Crippen LogP contribution in [0.1, 0.15) is 5.69 Å². The smallest absolute Gasteiger partial charge is 0.309 e. The average molecular weight is 265 g/mol. The number of phenols is 1. The van der Waals surface area contributed by atoms with Crippen molar-refractivity contribution in [3.05, 3.63) is 29.3 Å². The van der Waals surface area contributed by atoms with Crippen LogP contribution in [0.2, 0.25) is 0 Å². The molecule has 0 bridgehead atoms. The molecule has 0 saturated carbocycles. The number of hydrogen-bond acceptors (Lipinski definition) is 5. The third-order valence-corrected chi connectivity index (χ3v) is 3.24. The summed E-state index contributed by atoms with van der Waals surface area (Å²) in [6.07, 6.45) is -0.118. The zero-order chi connectivity index (χ0) is 13.1. The topological polar surface area (TPSA) is 79.7 Å². The van der Waals surface area contributed by atoms with Gasteiger partial charge in [-0.15, -0.1) is 11.3 Å². The number of aliphatic carboxylic acids is 1. The van der Waals surface area contributed by atoms with Crippen LogP contribution < -0.4 is 4.74 Å². The van der Waals surface area contributed by atoms with E-state index in [9.17, 15) is 9.90 Å². The lowest BCUT2D eigenvalue weighted by Crippen LogP contribution is -1.99. The van der Waals surface area contributed by atoms with Crippen molar-refractivity contribution in [2.75, 3.05) is 7.11 Å². The molecular weight excluding hydrogens is 254 g/mol. The van der Waals surface area contributed by atoms with E-state index in [0.29, 0.717) is 22.0 Å². The summed E-state index contributed by atoms with van der Waals surface area (Å²) < 4.78 is 4.99. The second kappa shape index (κ2) is 5.05. The molecule has 1 aromatic heterocycles. The van der Waals surface area contributed by atoms with Gasteiger partial charge in [0, 0.05) is 11.4 Å². The first-order valence-electron chi connectivity index (χ1n) is 5.13. The number of hydrogen-bond donors (Lipinski definition) is 2.